The van der Waals surface area contributed by atoms with Gasteiger partial charge in [-0.05, 0) is 81.1 Å². The van der Waals surface area contributed by atoms with Gasteiger partial charge in [-0.3, -0.25) is 38.2 Å². The Balaban J connectivity index is 0.000000177. The molecule has 8 N–H and O–H groups in total. The van der Waals surface area contributed by atoms with Gasteiger partial charge in [-0.15, -0.1) is 11.6 Å². The van der Waals surface area contributed by atoms with Crippen LogP contribution in [-0.2, 0) is 70.7 Å². The molecule has 10 heterocycles. The average Bonchev–Trinajstić information content (AvgIpc) is 1.62. The summed E-state index contributed by atoms with van der Waals surface area (Å²) in [5.41, 5.74) is 10.1. The molecule has 11 aromatic rings. The number of benzene rings is 5. The summed E-state index contributed by atoms with van der Waals surface area (Å²) >= 11 is 14.4. The fourth-order valence-electron chi connectivity index (χ4n) is 11.3. The Labute approximate surface area is 714 Å². The number of anilines is 5. The molecule has 3 saturated heterocycles. The van der Waals surface area contributed by atoms with Crippen molar-refractivity contribution in [3.8, 4) is 17.3 Å². The zero-order valence-electron chi connectivity index (χ0n) is 67.5. The number of H-pyrrole nitrogens is 1. The highest BCUT2D eigenvalue weighted by Crippen LogP contribution is 2.35. The number of nitrogens with zero attached hydrogens (tertiary/aromatic N) is 14. The van der Waals surface area contributed by atoms with Crippen LogP contribution in [0.5, 0.6) is 0 Å². The number of aromatic amines is 1. The molecule has 0 bridgehead atoms. The van der Waals surface area contributed by atoms with Crippen LogP contribution in [0.3, 0.4) is 0 Å². The summed E-state index contributed by atoms with van der Waals surface area (Å²) in [6, 6.07) is 57.4. The summed E-state index contributed by atoms with van der Waals surface area (Å²) in [7, 11) is 0. The molecular formula is C85H102BrCl2FN18O13. The van der Waals surface area contributed by atoms with Crippen molar-refractivity contribution < 1.29 is 67.3 Å². The summed E-state index contributed by atoms with van der Waals surface area (Å²) < 4.78 is 51.6. The topological polar surface area (TPSA) is 384 Å². The maximum absolute atomic E-state index is 14.3. The largest absolute Gasteiger partial charge is 0.465 e. The number of amides is 2. The number of ether oxygens (including phenoxy) is 6. The number of nitrogen functional groups attached to an aromatic ring is 1. The fraction of sp³-hybridized carbons (Fsp3) is 0.353. The smallest absolute Gasteiger partial charge is 0.417 e. The van der Waals surface area contributed by atoms with Crippen LogP contribution in [-0.4, -0.2) is 226 Å². The molecule has 2 amide bonds. The van der Waals surface area contributed by atoms with Gasteiger partial charge >= 0.3 is 18.0 Å². The number of halogens is 4. The first-order valence-corrected chi connectivity index (χ1v) is 40.7. The van der Waals surface area contributed by atoms with E-state index in [0.717, 1.165) is 61.7 Å². The molecule has 0 saturated carbocycles. The maximum Gasteiger partial charge on any atom is 0.417 e. The van der Waals surface area contributed by atoms with E-state index in [1.807, 2.05) is 164 Å². The number of pyridine rings is 1. The minimum atomic E-state index is -0.813. The number of hydrogen-bond acceptors (Lipinski definition) is 25. The monoisotopic (exact) mass is 1750 g/mol. The van der Waals surface area contributed by atoms with Crippen LogP contribution in [0, 0.1) is 17.1 Å². The highest BCUT2D eigenvalue weighted by Gasteiger charge is 2.38. The summed E-state index contributed by atoms with van der Waals surface area (Å²) in [5.74, 6) is 2.78. The van der Waals surface area contributed by atoms with E-state index in [2.05, 4.69) is 108 Å². The van der Waals surface area contributed by atoms with Crippen LogP contribution in [0.2, 0.25) is 5.02 Å². The van der Waals surface area contributed by atoms with Crippen molar-refractivity contribution in [3.05, 3.63) is 257 Å². The minimum absolute atomic E-state index is 0.00660. The van der Waals surface area contributed by atoms with Crippen molar-refractivity contribution in [2.45, 2.75) is 91.3 Å². The number of epoxide rings is 1. The number of imide groups is 1. The average molecular weight is 1750 g/mol. The van der Waals surface area contributed by atoms with Gasteiger partial charge in [-0.1, -0.05) is 155 Å². The van der Waals surface area contributed by atoms with Crippen LogP contribution in [0.1, 0.15) is 78.5 Å². The zero-order valence-corrected chi connectivity index (χ0v) is 70.6. The van der Waals surface area contributed by atoms with Gasteiger partial charge in [0, 0.05) is 81.8 Å². The summed E-state index contributed by atoms with van der Waals surface area (Å²) in [5, 5.41) is 67.5. The Bertz CT molecular complexity index is 4880. The molecule has 0 aliphatic carbocycles. The Kier molecular flexibility index (Phi) is 39.4. The Hall–Kier alpha value is -11.6. The number of aromatic nitrogens is 11. The van der Waals surface area contributed by atoms with E-state index in [1.165, 1.54) is 46.5 Å². The maximum atomic E-state index is 14.3. The fourth-order valence-corrected chi connectivity index (χ4v) is 12.0. The van der Waals surface area contributed by atoms with Gasteiger partial charge in [0.05, 0.1) is 155 Å². The molecule has 6 aromatic heterocycles. The normalized spacial score (nSPS) is 14.9. The molecule has 0 spiro atoms. The van der Waals surface area contributed by atoms with E-state index < -0.39 is 35.6 Å². The summed E-state index contributed by atoms with van der Waals surface area (Å²) in [4.78, 5) is 55.4. The van der Waals surface area contributed by atoms with Gasteiger partial charge in [-0.25, -0.2) is 19.1 Å². The summed E-state index contributed by atoms with van der Waals surface area (Å²) in [6.07, 6.45) is 8.08. The first-order chi connectivity index (χ1) is 58.0. The van der Waals surface area contributed by atoms with Crippen molar-refractivity contribution in [2.24, 2.45) is 0 Å². The van der Waals surface area contributed by atoms with Gasteiger partial charge in [0.2, 0.25) is 0 Å². The number of β-amino-alcohol motifs (C(OH)–C–C–N with tert-alkyl or cyclic N) is 2. The number of nitrogens with one attached hydrogen (secondary N) is 3. The number of alkyl halides is 2. The van der Waals surface area contributed by atoms with Crippen LogP contribution >= 0.6 is 39.1 Å². The number of hydrogen-bond donors (Lipinski definition) is 7. The number of aliphatic hydroxyl groups is 3. The molecular weight excluding hydrogens is 1650 g/mol. The molecule has 3 atom stereocenters. The number of fused-ring (bicyclic) bond motifs is 1. The number of carbonyl (C=O) groups excluding carboxylic acids is 4. The van der Waals surface area contributed by atoms with Crippen molar-refractivity contribution >= 4 is 92.2 Å². The Morgan fingerprint density at radius 3 is 1.65 bits per heavy atom. The SMILES string of the molecule is CC(C)(C)OC(=O)N1Cc2nc(-c3c(F)cccc3C#N)cc(Cl)c2C1=O.CCOC(=O)CBr.CCOC(=O)CNc1ccn(Cc2ccccc2)n1.ClCC1CO1.Nc1ccn(Cc2ccccc2)n1.OC1COCCN(c2ccn(Cc3ccccc3)n2)C1.OC1COCCN(c2ccn[nH]2)C1.OCCNc1ccn(Cc2ccccc2)n1. The number of esters is 2. The first-order valence-electron chi connectivity index (χ1n) is 38.7. The number of rotatable bonds is 21. The molecule has 4 aliphatic heterocycles. The highest BCUT2D eigenvalue weighted by atomic mass is 79.9. The summed E-state index contributed by atoms with van der Waals surface area (Å²) in [6.45, 7) is 18.8. The lowest BCUT2D eigenvalue weighted by Gasteiger charge is -2.23. The van der Waals surface area contributed by atoms with E-state index in [1.54, 1.807) is 46.9 Å². The molecule has 638 valence electrons. The van der Waals surface area contributed by atoms with E-state index in [0.29, 0.717) is 94.8 Å². The predicted molar refractivity (Wildman–Crippen MR) is 459 cm³/mol. The van der Waals surface area contributed by atoms with Gasteiger partial charge < -0.3 is 69.9 Å². The molecule has 31 nitrogen and oxygen atoms in total. The van der Waals surface area contributed by atoms with E-state index in [-0.39, 0.29) is 64.7 Å². The van der Waals surface area contributed by atoms with Crippen LogP contribution in [0.25, 0.3) is 11.3 Å². The van der Waals surface area contributed by atoms with Crippen molar-refractivity contribution in [2.75, 3.05) is 130 Å². The Morgan fingerprint density at radius 1 is 0.675 bits per heavy atom. The van der Waals surface area contributed by atoms with E-state index in [4.69, 9.17) is 57.7 Å². The third kappa shape index (κ3) is 33.3. The standard InChI is InChI=1S/C19H15ClFN3O3.C15H19N3O2.C14H17N3O2.C12H15N3O.C10H11N3.C8H13N3O2.C4H7BrO2.C3H5ClO/c1-19(2,3)27-18(26)24-9-14-16(17(24)25)11(20)7-13(23-14)15-10(8-22)5-4-6-12(15)21;19-14-11-17(8-9-20-12-14)15-6-7-18(16-15)10-13-4-2-1-3-5-13;1-2-19-14(18)10-15-13-8-9-17(16-13)11-12-6-4-3-5-7-12;16-9-7-13-12-6-8-15(14-12)10-11-4-2-1-3-5-11;11-10-6-7-13(12-10)8-9-4-2-1-3-5-9;12-7-5-11(3-4-13-6-7)8-1-2-9-10-8;1-2-7-4(6)3-5;4-1-3-2-5-3/h4-7H,9H2,1-3H3;1-7,14,19H,8-12H2;3-9H,2,10-11H2,1H3,(H,15,16);1-6,8,16H,7,9-10H2,(H,13,14);1-7H,8H2,(H2,11,12);1-2,7,12H,3-6H2,(H,9,10);2-3H2,1H3;3H,1-2H2. The predicted octanol–water partition coefficient (Wildman–Crippen LogP) is 11.4. The second-order valence-corrected chi connectivity index (χ2v) is 28.9. The number of nitriles is 1. The lowest BCUT2D eigenvalue weighted by Crippen LogP contribution is -2.36. The van der Waals surface area contributed by atoms with Gasteiger partial charge in [0.15, 0.2) is 5.82 Å². The van der Waals surface area contributed by atoms with Gasteiger partial charge in [-0.2, -0.15) is 30.8 Å². The molecule has 5 aromatic carbocycles. The molecule has 3 unspecified atom stereocenters. The number of aliphatic hydroxyl groups excluding tert-OH is 3. The first kappa shape index (κ1) is 93.9. The van der Waals surface area contributed by atoms with E-state index in [9.17, 15) is 39.0 Å². The second-order valence-electron chi connectivity index (χ2n) is 27.7. The third-order valence-electron chi connectivity index (χ3n) is 16.9. The molecule has 120 heavy (non-hydrogen) atoms. The van der Waals surface area contributed by atoms with Gasteiger partial charge in [0.25, 0.3) is 5.91 Å². The number of carbonyl (C=O) groups is 4. The molecule has 0 radical (unpaired) electrons. The molecule has 15 rings (SSSR count). The zero-order chi connectivity index (χ0) is 86.0. The van der Waals surface area contributed by atoms with Crippen molar-refractivity contribution in [1.29, 1.82) is 5.26 Å². The van der Waals surface area contributed by atoms with Crippen LogP contribution in [0.4, 0.5) is 38.3 Å². The minimum Gasteiger partial charge on any atom is -0.465 e. The lowest BCUT2D eigenvalue weighted by molar-refractivity contribution is -0.141. The third-order valence-corrected chi connectivity index (χ3v) is 18.0. The molecule has 3 fully saturated rings. The quantitative estimate of drug-likeness (QED) is 0.0152. The lowest BCUT2D eigenvalue weighted by atomic mass is 10.0. The van der Waals surface area contributed by atoms with Crippen LogP contribution < -0.4 is 26.2 Å². The van der Waals surface area contributed by atoms with E-state index >= 15 is 0 Å². The van der Waals surface area contributed by atoms with Gasteiger partial charge in [0.1, 0.15) is 46.6 Å². The Morgan fingerprint density at radius 2 is 1.18 bits per heavy atom. The van der Waals surface area contributed by atoms with Crippen molar-refractivity contribution in [3.63, 3.8) is 0 Å². The highest BCUT2D eigenvalue weighted by molar-refractivity contribution is 9.09. The van der Waals surface area contributed by atoms with Crippen molar-refractivity contribution in [1.82, 2.24) is 59.2 Å². The molecule has 4 aliphatic rings. The number of nitrogens with two attached hydrogens (primary N) is 1. The second kappa shape index (κ2) is 50.4. The molecule has 35 heteroatoms. The van der Waals surface area contributed by atoms with Crippen LogP contribution in [0.15, 0.2) is 207 Å².